The summed E-state index contributed by atoms with van der Waals surface area (Å²) in [5, 5.41) is 2.88. The number of hydrogen-bond acceptors (Lipinski definition) is 4. The fourth-order valence-electron chi connectivity index (χ4n) is 2.38. The van der Waals surface area contributed by atoms with Gasteiger partial charge in [0.05, 0.1) is 11.2 Å². The van der Waals surface area contributed by atoms with Crippen molar-refractivity contribution in [3.8, 4) is 5.75 Å². The number of anilines is 1. The zero-order valence-electron chi connectivity index (χ0n) is 13.5. The predicted molar refractivity (Wildman–Crippen MR) is 94.6 cm³/mol. The molecule has 1 aromatic rings. The number of para-hydroxylation sites is 2. The quantitative estimate of drug-likeness (QED) is 0.817. The first-order chi connectivity index (χ1) is 10.3. The average molecular weight is 386 g/mol. The number of nitrogens with zero attached hydrogens (tertiary/aromatic N) is 1. The lowest BCUT2D eigenvalue weighted by molar-refractivity contribution is -0.125. The van der Waals surface area contributed by atoms with Crippen molar-refractivity contribution in [3.05, 3.63) is 24.3 Å². The summed E-state index contributed by atoms with van der Waals surface area (Å²) in [6.07, 6.45) is 0.727. The van der Waals surface area contributed by atoms with Gasteiger partial charge in [-0.25, -0.2) is 0 Å². The number of nitrogens with one attached hydrogen (secondary N) is 1. The van der Waals surface area contributed by atoms with E-state index in [-0.39, 0.29) is 42.5 Å². The van der Waals surface area contributed by atoms with Gasteiger partial charge in [0.25, 0.3) is 0 Å². The average Bonchev–Trinajstić information content (AvgIpc) is 2.86. The van der Waals surface area contributed by atoms with E-state index in [2.05, 4.69) is 10.1 Å². The summed E-state index contributed by atoms with van der Waals surface area (Å²) >= 11 is 0. The fraction of sp³-hybridized carbons (Fsp3) is 0.533. The minimum absolute atomic E-state index is 0. The van der Waals surface area contributed by atoms with Gasteiger partial charge in [-0.2, -0.15) is 8.78 Å². The van der Waals surface area contributed by atoms with Crippen LogP contribution in [0.1, 0.15) is 20.3 Å². The molecule has 0 radical (unpaired) electrons. The van der Waals surface area contributed by atoms with Crippen LogP contribution in [0, 0.1) is 0 Å². The maximum Gasteiger partial charge on any atom is 0.387 e. The van der Waals surface area contributed by atoms with Crippen molar-refractivity contribution in [2.75, 3.05) is 18.0 Å². The first kappa shape index (κ1) is 22.7. The van der Waals surface area contributed by atoms with E-state index in [1.54, 1.807) is 32.0 Å². The highest BCUT2D eigenvalue weighted by Gasteiger charge is 2.30. The largest absolute Gasteiger partial charge is 0.433 e. The van der Waals surface area contributed by atoms with Gasteiger partial charge in [-0.3, -0.25) is 4.79 Å². The van der Waals surface area contributed by atoms with Crippen LogP contribution in [-0.2, 0) is 4.79 Å². The molecule has 0 saturated carbocycles. The van der Waals surface area contributed by atoms with Gasteiger partial charge in [-0.1, -0.05) is 12.1 Å². The summed E-state index contributed by atoms with van der Waals surface area (Å²) in [4.78, 5) is 13.8. The van der Waals surface area contributed by atoms with Gasteiger partial charge in [-0.05, 0) is 32.4 Å². The molecular formula is C15H23Cl2F2N3O2. The Bertz CT molecular complexity index is 542. The van der Waals surface area contributed by atoms with Crippen LogP contribution in [-0.4, -0.2) is 37.2 Å². The number of benzene rings is 1. The Morgan fingerprint density at radius 2 is 2.00 bits per heavy atom. The van der Waals surface area contributed by atoms with Crippen molar-refractivity contribution in [2.45, 2.75) is 38.5 Å². The molecule has 9 heteroatoms. The summed E-state index contributed by atoms with van der Waals surface area (Å²) in [6.45, 7) is 1.60. The van der Waals surface area contributed by atoms with Crippen LogP contribution in [0.15, 0.2) is 24.3 Å². The number of amides is 1. The minimum Gasteiger partial charge on any atom is -0.433 e. The first-order valence-electron chi connectivity index (χ1n) is 7.16. The zero-order valence-corrected chi connectivity index (χ0v) is 15.1. The van der Waals surface area contributed by atoms with Gasteiger partial charge in [0.2, 0.25) is 5.91 Å². The molecule has 2 rings (SSSR count). The molecule has 3 N–H and O–H groups in total. The number of alkyl halides is 2. The number of nitrogens with two attached hydrogens (primary N) is 1. The summed E-state index contributed by atoms with van der Waals surface area (Å²) in [5.41, 5.74) is 5.42. The molecule has 24 heavy (non-hydrogen) atoms. The van der Waals surface area contributed by atoms with Crippen LogP contribution in [0.5, 0.6) is 5.75 Å². The predicted octanol–water partition coefficient (Wildman–Crippen LogP) is 2.56. The Morgan fingerprint density at radius 3 is 2.58 bits per heavy atom. The van der Waals surface area contributed by atoms with Crippen LogP contribution >= 0.6 is 24.8 Å². The van der Waals surface area contributed by atoms with E-state index >= 15 is 0 Å². The van der Waals surface area contributed by atoms with E-state index in [0.29, 0.717) is 18.8 Å². The third-order valence-corrected chi connectivity index (χ3v) is 3.53. The van der Waals surface area contributed by atoms with Crippen molar-refractivity contribution in [3.63, 3.8) is 0 Å². The maximum absolute atomic E-state index is 12.5. The molecule has 0 bridgehead atoms. The van der Waals surface area contributed by atoms with Gasteiger partial charge in [0.15, 0.2) is 0 Å². The summed E-state index contributed by atoms with van der Waals surface area (Å²) in [6, 6.07) is 6.59. The zero-order chi connectivity index (χ0) is 16.3. The van der Waals surface area contributed by atoms with E-state index in [1.165, 1.54) is 6.07 Å². The smallest absolute Gasteiger partial charge is 0.387 e. The molecule has 1 aromatic carbocycles. The van der Waals surface area contributed by atoms with Crippen molar-refractivity contribution in [2.24, 2.45) is 5.73 Å². The van der Waals surface area contributed by atoms with E-state index in [1.807, 2.05) is 4.90 Å². The topological polar surface area (TPSA) is 67.6 Å². The van der Waals surface area contributed by atoms with Crippen molar-refractivity contribution >= 4 is 36.4 Å². The molecule has 1 unspecified atom stereocenters. The van der Waals surface area contributed by atoms with Crippen LogP contribution in [0.4, 0.5) is 14.5 Å². The van der Waals surface area contributed by atoms with Gasteiger partial charge >= 0.3 is 6.61 Å². The van der Waals surface area contributed by atoms with Crippen molar-refractivity contribution < 1.29 is 18.3 Å². The minimum atomic E-state index is -2.86. The van der Waals surface area contributed by atoms with Crippen LogP contribution < -0.4 is 20.7 Å². The fourth-order valence-corrected chi connectivity index (χ4v) is 2.38. The molecule has 1 saturated heterocycles. The van der Waals surface area contributed by atoms with Crippen LogP contribution in [0.2, 0.25) is 0 Å². The van der Waals surface area contributed by atoms with Crippen LogP contribution in [0.25, 0.3) is 0 Å². The molecular weight excluding hydrogens is 363 g/mol. The molecule has 1 fully saturated rings. The third-order valence-electron chi connectivity index (χ3n) is 3.53. The highest BCUT2D eigenvalue weighted by Crippen LogP contribution is 2.31. The second kappa shape index (κ2) is 9.25. The lowest BCUT2D eigenvalue weighted by Gasteiger charge is -2.23. The second-order valence-corrected chi connectivity index (χ2v) is 5.97. The molecule has 1 amide bonds. The van der Waals surface area contributed by atoms with E-state index in [9.17, 15) is 13.6 Å². The maximum atomic E-state index is 12.5. The Hall–Kier alpha value is -1.31. The second-order valence-electron chi connectivity index (χ2n) is 5.97. The summed E-state index contributed by atoms with van der Waals surface area (Å²) in [7, 11) is 0. The highest BCUT2D eigenvalue weighted by molar-refractivity contribution is 5.86. The summed E-state index contributed by atoms with van der Waals surface area (Å²) in [5.74, 6) is -0.0832. The molecule has 1 aliphatic heterocycles. The molecule has 0 aromatic heterocycles. The third kappa shape index (κ3) is 5.96. The number of carbonyl (C=O) groups is 1. The van der Waals surface area contributed by atoms with Crippen LogP contribution in [0.3, 0.4) is 0 Å². The van der Waals surface area contributed by atoms with E-state index in [4.69, 9.17) is 5.73 Å². The Balaban J connectivity index is 0.00000264. The molecule has 5 nitrogen and oxygen atoms in total. The van der Waals surface area contributed by atoms with E-state index in [0.717, 1.165) is 6.42 Å². The van der Waals surface area contributed by atoms with Crippen molar-refractivity contribution in [1.82, 2.24) is 5.32 Å². The monoisotopic (exact) mass is 385 g/mol. The molecule has 1 aliphatic rings. The Kier molecular flexibility index (Phi) is 8.74. The lowest BCUT2D eigenvalue weighted by atomic mass is 10.1. The molecule has 0 aliphatic carbocycles. The lowest BCUT2D eigenvalue weighted by Crippen LogP contribution is -2.52. The number of carbonyl (C=O) groups excluding carboxylic acids is 1. The van der Waals surface area contributed by atoms with E-state index < -0.39 is 12.2 Å². The summed E-state index contributed by atoms with van der Waals surface area (Å²) < 4.78 is 29.5. The highest BCUT2D eigenvalue weighted by atomic mass is 35.5. The number of rotatable bonds is 5. The molecule has 1 heterocycles. The standard InChI is InChI=1S/C15H21F2N3O2.2ClH/c1-15(2,18)13(21)19-10-7-8-20(9-10)11-5-3-4-6-12(11)22-14(16)17;;/h3-6,10,14H,7-9,18H2,1-2H3,(H,19,21);2*1H. The first-order valence-corrected chi connectivity index (χ1v) is 7.16. The van der Waals surface area contributed by atoms with Gasteiger partial charge in [0.1, 0.15) is 5.75 Å². The SMILES string of the molecule is CC(C)(N)C(=O)NC1CCN(c2ccccc2OC(F)F)C1.Cl.Cl. The van der Waals surface area contributed by atoms with Crippen molar-refractivity contribution in [1.29, 1.82) is 0 Å². The number of halogens is 4. The van der Waals surface area contributed by atoms with Gasteiger partial charge in [-0.15, -0.1) is 24.8 Å². The molecule has 0 spiro atoms. The van der Waals surface area contributed by atoms with Gasteiger partial charge < -0.3 is 20.7 Å². The molecule has 138 valence electrons. The Morgan fingerprint density at radius 1 is 1.38 bits per heavy atom. The molecule has 1 atom stereocenters. The number of ether oxygens (including phenoxy) is 1. The Labute approximate surface area is 152 Å². The van der Waals surface area contributed by atoms with Gasteiger partial charge in [0, 0.05) is 19.1 Å². The normalized spacial score (nSPS) is 17.1. The number of hydrogen-bond donors (Lipinski definition) is 2.